The molecule has 20 heavy (non-hydrogen) atoms. The van der Waals surface area contributed by atoms with Gasteiger partial charge in [-0.25, -0.2) is 0 Å². The first-order valence-corrected chi connectivity index (χ1v) is 8.08. The molecule has 1 unspecified atom stereocenters. The molecule has 0 bridgehead atoms. The van der Waals surface area contributed by atoms with E-state index in [0.29, 0.717) is 5.92 Å². The summed E-state index contributed by atoms with van der Waals surface area (Å²) in [5, 5.41) is 3.41. The summed E-state index contributed by atoms with van der Waals surface area (Å²) in [6, 6.07) is 0. The topological polar surface area (TPSA) is 64.1 Å². The van der Waals surface area contributed by atoms with Crippen LogP contribution in [0, 0.1) is 5.92 Å². The van der Waals surface area contributed by atoms with E-state index < -0.39 is 0 Å². The minimum atomic E-state index is 0.612. The Morgan fingerprint density at radius 3 is 2.30 bits per heavy atom. The van der Waals surface area contributed by atoms with Crippen LogP contribution >= 0.6 is 0 Å². The molecule has 0 fully saturated rings. The van der Waals surface area contributed by atoms with Crippen molar-refractivity contribution in [1.29, 1.82) is 0 Å². The summed E-state index contributed by atoms with van der Waals surface area (Å²) in [6.45, 7) is 1.61. The molecule has 0 aliphatic carbocycles. The molecule has 1 rings (SSSR count). The fourth-order valence-electron chi connectivity index (χ4n) is 2.61. The molecular formula is C17H31N3. The third kappa shape index (κ3) is 7.51. The molecule has 0 aromatic heterocycles. The summed E-state index contributed by atoms with van der Waals surface area (Å²) in [6.07, 6.45) is 20.3. The molecule has 0 radical (unpaired) electrons. The molecule has 3 heteroatoms. The summed E-state index contributed by atoms with van der Waals surface area (Å²) < 4.78 is 0. The Morgan fingerprint density at radius 1 is 0.800 bits per heavy atom. The normalized spacial score (nSPS) is 15.6. The van der Waals surface area contributed by atoms with E-state index in [-0.39, 0.29) is 0 Å². The van der Waals surface area contributed by atoms with Crippen LogP contribution in [0.5, 0.6) is 0 Å². The van der Waals surface area contributed by atoms with Gasteiger partial charge in [0, 0.05) is 11.9 Å². The lowest BCUT2D eigenvalue weighted by molar-refractivity contribution is 0.453. The second-order valence-corrected chi connectivity index (χ2v) is 5.48. The molecule has 0 aromatic carbocycles. The van der Waals surface area contributed by atoms with Gasteiger partial charge in [0.25, 0.3) is 0 Å². The van der Waals surface area contributed by atoms with Crippen LogP contribution in [0.4, 0.5) is 0 Å². The van der Waals surface area contributed by atoms with Gasteiger partial charge < -0.3 is 16.8 Å². The number of nitrogens with one attached hydrogen (secondary N) is 1. The average Bonchev–Trinajstić information content (AvgIpc) is 2.75. The van der Waals surface area contributed by atoms with Crippen molar-refractivity contribution in [3.8, 4) is 0 Å². The fourth-order valence-corrected chi connectivity index (χ4v) is 2.61. The van der Waals surface area contributed by atoms with Crippen LogP contribution in [0.2, 0.25) is 0 Å². The van der Waals surface area contributed by atoms with E-state index >= 15 is 0 Å². The zero-order valence-electron chi connectivity index (χ0n) is 12.7. The molecule has 114 valence electrons. The third-order valence-electron chi connectivity index (χ3n) is 3.80. The molecule has 0 saturated carbocycles. The van der Waals surface area contributed by atoms with Crippen LogP contribution in [-0.2, 0) is 0 Å². The molecule has 0 amide bonds. The summed E-state index contributed by atoms with van der Waals surface area (Å²) in [4.78, 5) is 0. The van der Waals surface area contributed by atoms with Crippen molar-refractivity contribution >= 4 is 0 Å². The van der Waals surface area contributed by atoms with E-state index in [1.165, 1.54) is 50.6 Å². The smallest absolute Gasteiger partial charge is 0.0178 e. The molecule has 3 nitrogen and oxygen atoms in total. The highest BCUT2D eigenvalue weighted by molar-refractivity contribution is 5.22. The number of hydrogen-bond acceptors (Lipinski definition) is 3. The molecule has 1 atom stereocenters. The summed E-state index contributed by atoms with van der Waals surface area (Å²) in [7, 11) is 0. The first kappa shape index (κ1) is 17.0. The Bertz CT molecular complexity index is 318. The van der Waals surface area contributed by atoms with Crippen molar-refractivity contribution in [2.24, 2.45) is 17.4 Å². The van der Waals surface area contributed by atoms with E-state index in [4.69, 9.17) is 11.5 Å². The van der Waals surface area contributed by atoms with Crippen molar-refractivity contribution in [3.05, 3.63) is 36.2 Å². The molecule has 0 spiro atoms. The maximum atomic E-state index is 5.67. The van der Waals surface area contributed by atoms with Gasteiger partial charge in [-0.2, -0.15) is 0 Å². The second kappa shape index (κ2) is 11.7. The lowest BCUT2D eigenvalue weighted by Gasteiger charge is -2.20. The second-order valence-electron chi connectivity index (χ2n) is 5.48. The fraction of sp³-hybridized carbons (Fsp3) is 0.647. The van der Waals surface area contributed by atoms with Crippen molar-refractivity contribution in [1.82, 2.24) is 5.32 Å². The van der Waals surface area contributed by atoms with Gasteiger partial charge in [-0.05, 0) is 56.8 Å². The SMILES string of the molecule is NCCCCCCCC(CCCN)C1=CC=CC=CN1. The Balaban J connectivity index is 2.33. The van der Waals surface area contributed by atoms with E-state index in [1.54, 1.807) is 0 Å². The van der Waals surface area contributed by atoms with Gasteiger partial charge in [0.1, 0.15) is 0 Å². The van der Waals surface area contributed by atoms with E-state index in [9.17, 15) is 0 Å². The van der Waals surface area contributed by atoms with Crippen LogP contribution in [0.3, 0.4) is 0 Å². The van der Waals surface area contributed by atoms with Crippen molar-refractivity contribution in [2.45, 2.75) is 51.4 Å². The van der Waals surface area contributed by atoms with Crippen molar-refractivity contribution < 1.29 is 0 Å². The minimum absolute atomic E-state index is 0.612. The van der Waals surface area contributed by atoms with Crippen LogP contribution in [0.15, 0.2) is 36.2 Å². The van der Waals surface area contributed by atoms with E-state index in [2.05, 4.69) is 23.5 Å². The van der Waals surface area contributed by atoms with Gasteiger partial charge in [-0.15, -0.1) is 0 Å². The first-order chi connectivity index (χ1) is 9.88. The maximum Gasteiger partial charge on any atom is 0.0178 e. The average molecular weight is 277 g/mol. The Kier molecular flexibility index (Phi) is 9.98. The predicted octanol–water partition coefficient (Wildman–Crippen LogP) is 3.20. The number of nitrogens with two attached hydrogens (primary N) is 2. The quantitative estimate of drug-likeness (QED) is 0.508. The van der Waals surface area contributed by atoms with Crippen LogP contribution in [0.25, 0.3) is 0 Å². The van der Waals surface area contributed by atoms with Crippen LogP contribution in [-0.4, -0.2) is 13.1 Å². The van der Waals surface area contributed by atoms with Crippen LogP contribution in [0.1, 0.15) is 51.4 Å². The summed E-state index contributed by atoms with van der Waals surface area (Å²) >= 11 is 0. The molecule has 1 aliphatic rings. The standard InChI is InChI=1S/C17H31N3/c18-13-7-3-1-2-5-10-16(11-9-14-19)17-12-6-4-8-15-20-17/h4,6,8,12,15-16,20H,1-3,5,7,9-11,13-14,18-19H2. The molecule has 0 saturated heterocycles. The highest BCUT2D eigenvalue weighted by Gasteiger charge is 2.13. The zero-order chi connectivity index (χ0) is 14.5. The molecule has 1 heterocycles. The number of rotatable bonds is 11. The van der Waals surface area contributed by atoms with Gasteiger partial charge in [0.2, 0.25) is 0 Å². The van der Waals surface area contributed by atoms with E-state index in [0.717, 1.165) is 19.5 Å². The highest BCUT2D eigenvalue weighted by Crippen LogP contribution is 2.23. The summed E-state index contributed by atoms with van der Waals surface area (Å²) in [5.41, 5.74) is 12.5. The van der Waals surface area contributed by atoms with Crippen molar-refractivity contribution in [3.63, 3.8) is 0 Å². The van der Waals surface area contributed by atoms with Gasteiger partial charge in [-0.1, -0.05) is 37.8 Å². The monoisotopic (exact) mass is 277 g/mol. The number of unbranched alkanes of at least 4 members (excludes halogenated alkanes) is 4. The minimum Gasteiger partial charge on any atom is -0.365 e. The Labute approximate surface area is 124 Å². The Morgan fingerprint density at radius 2 is 1.50 bits per heavy atom. The van der Waals surface area contributed by atoms with Gasteiger partial charge >= 0.3 is 0 Å². The highest BCUT2D eigenvalue weighted by atomic mass is 14.9. The molecule has 5 N–H and O–H groups in total. The lowest BCUT2D eigenvalue weighted by Crippen LogP contribution is -2.17. The van der Waals surface area contributed by atoms with Crippen LogP contribution < -0.4 is 16.8 Å². The third-order valence-corrected chi connectivity index (χ3v) is 3.80. The maximum absolute atomic E-state index is 5.67. The molecule has 1 aliphatic heterocycles. The molecular weight excluding hydrogens is 246 g/mol. The van der Waals surface area contributed by atoms with Gasteiger partial charge in [-0.3, -0.25) is 0 Å². The van der Waals surface area contributed by atoms with Gasteiger partial charge in [0.15, 0.2) is 0 Å². The molecule has 0 aromatic rings. The number of allylic oxidation sites excluding steroid dienone is 5. The van der Waals surface area contributed by atoms with Gasteiger partial charge in [0.05, 0.1) is 0 Å². The zero-order valence-corrected chi connectivity index (χ0v) is 12.7. The largest absolute Gasteiger partial charge is 0.365 e. The van der Waals surface area contributed by atoms with E-state index in [1.807, 2.05) is 12.3 Å². The summed E-state index contributed by atoms with van der Waals surface area (Å²) in [5.74, 6) is 0.612. The first-order valence-electron chi connectivity index (χ1n) is 8.08. The van der Waals surface area contributed by atoms with Crippen molar-refractivity contribution in [2.75, 3.05) is 13.1 Å². The Hall–Kier alpha value is -1.06. The lowest BCUT2D eigenvalue weighted by atomic mass is 9.92. The number of hydrogen-bond donors (Lipinski definition) is 3. The predicted molar refractivity (Wildman–Crippen MR) is 88.0 cm³/mol.